The van der Waals surface area contributed by atoms with E-state index in [-0.39, 0.29) is 0 Å². The second-order valence-electron chi connectivity index (χ2n) is 6.01. The lowest BCUT2D eigenvalue weighted by molar-refractivity contribution is 0.162. The molecule has 1 fully saturated rings. The van der Waals surface area contributed by atoms with Crippen molar-refractivity contribution in [3.8, 4) is 0 Å². The Kier molecular flexibility index (Phi) is 5.91. The van der Waals surface area contributed by atoms with Crippen LogP contribution in [0.3, 0.4) is 0 Å². The molecule has 1 aliphatic carbocycles. The smallest absolute Gasteiger partial charge is 0.00951 e. The molecule has 1 aromatic carbocycles. The van der Waals surface area contributed by atoms with E-state index in [0.29, 0.717) is 0 Å². The summed E-state index contributed by atoms with van der Waals surface area (Å²) in [5.74, 6) is 0. The molecule has 0 unspecified atom stereocenters. The van der Waals surface area contributed by atoms with E-state index in [0.717, 1.165) is 6.04 Å². The largest absolute Gasteiger partial charge is 0.301 e. The third-order valence-electron chi connectivity index (χ3n) is 4.53. The Balaban J connectivity index is 1.74. The lowest BCUT2D eigenvalue weighted by atomic mass is 9.94. The molecule has 0 N–H and O–H groups in total. The van der Waals surface area contributed by atoms with E-state index in [2.05, 4.69) is 43.0 Å². The predicted octanol–water partition coefficient (Wildman–Crippen LogP) is 4.58. The van der Waals surface area contributed by atoms with Crippen molar-refractivity contribution in [3.05, 3.63) is 35.4 Å². The Labute approximate surface area is 119 Å². The third-order valence-corrected chi connectivity index (χ3v) is 4.53. The molecule has 1 aliphatic rings. The highest BCUT2D eigenvalue weighted by molar-refractivity contribution is 5.21. The summed E-state index contributed by atoms with van der Waals surface area (Å²) in [6.07, 6.45) is 9.73. The molecule has 1 nitrogen and oxygen atoms in total. The van der Waals surface area contributed by atoms with Crippen LogP contribution >= 0.6 is 0 Å². The highest BCUT2D eigenvalue weighted by atomic mass is 15.1. The molecule has 0 radical (unpaired) electrons. The van der Waals surface area contributed by atoms with Crippen molar-refractivity contribution in [3.63, 3.8) is 0 Å². The first-order chi connectivity index (χ1) is 9.29. The van der Waals surface area contributed by atoms with Gasteiger partial charge in [0.25, 0.3) is 0 Å². The van der Waals surface area contributed by atoms with Crippen molar-refractivity contribution >= 4 is 0 Å². The number of nitrogens with zero attached hydrogens (tertiary/aromatic N) is 1. The van der Waals surface area contributed by atoms with E-state index in [9.17, 15) is 0 Å². The summed E-state index contributed by atoms with van der Waals surface area (Å²) in [7, 11) is 0. The summed E-state index contributed by atoms with van der Waals surface area (Å²) in [4.78, 5) is 2.72. The van der Waals surface area contributed by atoms with Gasteiger partial charge < -0.3 is 4.90 Å². The summed E-state index contributed by atoms with van der Waals surface area (Å²) in [5.41, 5.74) is 2.85. The Hall–Kier alpha value is -0.820. The van der Waals surface area contributed by atoms with Gasteiger partial charge in [0.15, 0.2) is 0 Å². The Morgan fingerprint density at radius 2 is 1.74 bits per heavy atom. The minimum absolute atomic E-state index is 0.872. The SMILES string of the molecule is CCN(CCCc1ccc(C)cc1)C1CCCCC1. The van der Waals surface area contributed by atoms with Gasteiger partial charge in [-0.15, -0.1) is 0 Å². The van der Waals surface area contributed by atoms with Crippen LogP contribution < -0.4 is 0 Å². The number of aryl methyl sites for hydroxylation is 2. The van der Waals surface area contributed by atoms with E-state index in [4.69, 9.17) is 0 Å². The molecule has 19 heavy (non-hydrogen) atoms. The van der Waals surface area contributed by atoms with Crippen LogP contribution in [0, 0.1) is 6.92 Å². The average Bonchev–Trinajstić information content (AvgIpc) is 2.46. The van der Waals surface area contributed by atoms with Gasteiger partial charge in [0.05, 0.1) is 0 Å². The molecule has 2 rings (SSSR count). The van der Waals surface area contributed by atoms with Gasteiger partial charge in [0, 0.05) is 6.04 Å². The molecule has 1 saturated carbocycles. The molecular formula is C18H29N. The van der Waals surface area contributed by atoms with Gasteiger partial charge in [-0.25, -0.2) is 0 Å². The fourth-order valence-corrected chi connectivity index (χ4v) is 3.29. The van der Waals surface area contributed by atoms with Gasteiger partial charge in [-0.2, -0.15) is 0 Å². The van der Waals surface area contributed by atoms with Crippen LogP contribution in [0.5, 0.6) is 0 Å². The highest BCUT2D eigenvalue weighted by Gasteiger charge is 2.19. The topological polar surface area (TPSA) is 3.24 Å². The van der Waals surface area contributed by atoms with E-state index in [1.165, 1.54) is 69.2 Å². The minimum Gasteiger partial charge on any atom is -0.301 e. The molecule has 0 bridgehead atoms. The highest BCUT2D eigenvalue weighted by Crippen LogP contribution is 2.22. The van der Waals surface area contributed by atoms with E-state index < -0.39 is 0 Å². The number of benzene rings is 1. The fourth-order valence-electron chi connectivity index (χ4n) is 3.29. The number of hydrogen-bond acceptors (Lipinski definition) is 1. The quantitative estimate of drug-likeness (QED) is 0.722. The van der Waals surface area contributed by atoms with Gasteiger partial charge in [-0.3, -0.25) is 0 Å². The summed E-state index contributed by atoms with van der Waals surface area (Å²) in [6, 6.07) is 9.90. The Morgan fingerprint density at radius 1 is 1.05 bits per heavy atom. The molecule has 106 valence electrons. The second-order valence-corrected chi connectivity index (χ2v) is 6.01. The van der Waals surface area contributed by atoms with Gasteiger partial charge in [0.2, 0.25) is 0 Å². The van der Waals surface area contributed by atoms with Gasteiger partial charge in [0.1, 0.15) is 0 Å². The maximum Gasteiger partial charge on any atom is 0.00951 e. The molecule has 0 saturated heterocycles. The zero-order valence-corrected chi connectivity index (χ0v) is 12.7. The summed E-state index contributed by atoms with van der Waals surface area (Å²) >= 11 is 0. The van der Waals surface area contributed by atoms with E-state index in [1.54, 1.807) is 0 Å². The van der Waals surface area contributed by atoms with Crippen LogP contribution in [0.25, 0.3) is 0 Å². The fraction of sp³-hybridized carbons (Fsp3) is 0.667. The minimum atomic E-state index is 0.872. The van der Waals surface area contributed by atoms with Crippen LogP contribution in [0.15, 0.2) is 24.3 Å². The van der Waals surface area contributed by atoms with Gasteiger partial charge in [-0.05, 0) is 51.3 Å². The average molecular weight is 259 g/mol. The maximum absolute atomic E-state index is 2.72. The van der Waals surface area contributed by atoms with Crippen molar-refractivity contribution in [1.82, 2.24) is 4.90 Å². The normalized spacial score (nSPS) is 17.0. The molecule has 1 heteroatoms. The molecular weight excluding hydrogens is 230 g/mol. The molecule has 0 atom stereocenters. The van der Waals surface area contributed by atoms with Gasteiger partial charge in [-0.1, -0.05) is 56.0 Å². The molecule has 0 amide bonds. The summed E-state index contributed by atoms with van der Waals surface area (Å²) in [6.45, 7) is 6.97. The first-order valence-electron chi connectivity index (χ1n) is 8.09. The molecule has 0 heterocycles. The maximum atomic E-state index is 2.72. The van der Waals surface area contributed by atoms with Crippen molar-refractivity contribution in [1.29, 1.82) is 0 Å². The Bertz CT molecular complexity index is 348. The lowest BCUT2D eigenvalue weighted by Crippen LogP contribution is -2.37. The zero-order chi connectivity index (χ0) is 13.5. The van der Waals surface area contributed by atoms with Gasteiger partial charge >= 0.3 is 0 Å². The number of rotatable bonds is 6. The molecule has 0 spiro atoms. The molecule has 1 aromatic rings. The Morgan fingerprint density at radius 3 is 2.37 bits per heavy atom. The van der Waals surface area contributed by atoms with Crippen molar-refractivity contribution in [2.24, 2.45) is 0 Å². The van der Waals surface area contributed by atoms with Crippen LogP contribution in [0.4, 0.5) is 0 Å². The predicted molar refractivity (Wildman–Crippen MR) is 83.6 cm³/mol. The lowest BCUT2D eigenvalue weighted by Gasteiger charge is -2.33. The van der Waals surface area contributed by atoms with E-state index in [1.807, 2.05) is 0 Å². The van der Waals surface area contributed by atoms with Crippen molar-refractivity contribution in [2.75, 3.05) is 13.1 Å². The standard InChI is InChI=1S/C18H29N/c1-3-19(18-9-5-4-6-10-18)15-7-8-17-13-11-16(2)12-14-17/h11-14,18H,3-10,15H2,1-2H3. The van der Waals surface area contributed by atoms with Crippen molar-refractivity contribution in [2.45, 2.75) is 64.8 Å². The van der Waals surface area contributed by atoms with Crippen LogP contribution in [0.2, 0.25) is 0 Å². The summed E-state index contributed by atoms with van der Waals surface area (Å²) < 4.78 is 0. The second kappa shape index (κ2) is 7.69. The molecule has 0 aromatic heterocycles. The summed E-state index contributed by atoms with van der Waals surface area (Å²) in [5, 5.41) is 0. The third kappa shape index (κ3) is 4.65. The van der Waals surface area contributed by atoms with E-state index >= 15 is 0 Å². The van der Waals surface area contributed by atoms with Crippen LogP contribution in [-0.4, -0.2) is 24.0 Å². The first-order valence-corrected chi connectivity index (χ1v) is 8.09. The van der Waals surface area contributed by atoms with Crippen molar-refractivity contribution < 1.29 is 0 Å². The number of hydrogen-bond donors (Lipinski definition) is 0. The zero-order valence-electron chi connectivity index (χ0n) is 12.7. The first kappa shape index (κ1) is 14.6. The monoisotopic (exact) mass is 259 g/mol. The van der Waals surface area contributed by atoms with Crippen LogP contribution in [-0.2, 0) is 6.42 Å². The molecule has 0 aliphatic heterocycles. The van der Waals surface area contributed by atoms with Crippen LogP contribution in [0.1, 0.15) is 56.6 Å².